The summed E-state index contributed by atoms with van der Waals surface area (Å²) < 4.78 is 1.89. The lowest BCUT2D eigenvalue weighted by atomic mass is 10.1. The normalized spacial score (nSPS) is 11.8. The molecule has 0 bridgehead atoms. The summed E-state index contributed by atoms with van der Waals surface area (Å²) in [7, 11) is 1.54. The van der Waals surface area contributed by atoms with E-state index in [0.717, 1.165) is 12.2 Å². The molecule has 2 rings (SSSR count). The van der Waals surface area contributed by atoms with Gasteiger partial charge in [-0.3, -0.25) is 9.59 Å². The molecule has 1 unspecified atom stereocenters. The van der Waals surface area contributed by atoms with Gasteiger partial charge in [0.2, 0.25) is 5.91 Å². The van der Waals surface area contributed by atoms with Crippen LogP contribution >= 0.6 is 23.4 Å². The van der Waals surface area contributed by atoms with Crippen molar-refractivity contribution in [3.05, 3.63) is 53.3 Å². The lowest BCUT2D eigenvalue weighted by Gasteiger charge is -2.18. The van der Waals surface area contributed by atoms with Crippen molar-refractivity contribution in [2.45, 2.75) is 12.5 Å². The predicted molar refractivity (Wildman–Crippen MR) is 99.9 cm³/mol. The topological polar surface area (TPSA) is 63.1 Å². The molecule has 0 aliphatic heterocycles. The molecule has 0 aliphatic rings. The molecule has 2 N–H and O–H groups in total. The SMILES string of the molecule is CNC(=O)c1ccc(NC(=O)C(CCSC)n2cccc2)cc1Cl. The van der Waals surface area contributed by atoms with E-state index in [4.69, 9.17) is 11.6 Å². The average Bonchev–Trinajstić information content (AvgIpc) is 3.09. The lowest BCUT2D eigenvalue weighted by Crippen LogP contribution is -2.26. The van der Waals surface area contributed by atoms with Gasteiger partial charge in [0, 0.05) is 25.1 Å². The highest BCUT2D eigenvalue weighted by Crippen LogP contribution is 2.23. The van der Waals surface area contributed by atoms with Crippen LogP contribution in [-0.4, -0.2) is 35.4 Å². The smallest absolute Gasteiger partial charge is 0.252 e. The van der Waals surface area contributed by atoms with Gasteiger partial charge in [0.05, 0.1) is 10.6 Å². The molecule has 0 saturated carbocycles. The van der Waals surface area contributed by atoms with Crippen LogP contribution in [0.15, 0.2) is 42.7 Å². The number of nitrogens with one attached hydrogen (secondary N) is 2. The van der Waals surface area contributed by atoms with Crippen molar-refractivity contribution in [1.82, 2.24) is 9.88 Å². The van der Waals surface area contributed by atoms with Crippen LogP contribution in [0, 0.1) is 0 Å². The number of amides is 2. The van der Waals surface area contributed by atoms with Gasteiger partial charge in [-0.1, -0.05) is 11.6 Å². The highest BCUT2D eigenvalue weighted by atomic mass is 35.5. The van der Waals surface area contributed by atoms with Crippen molar-refractivity contribution in [2.75, 3.05) is 24.4 Å². The van der Waals surface area contributed by atoms with Crippen molar-refractivity contribution >= 4 is 40.9 Å². The van der Waals surface area contributed by atoms with E-state index in [2.05, 4.69) is 10.6 Å². The van der Waals surface area contributed by atoms with Gasteiger partial charge >= 0.3 is 0 Å². The maximum absolute atomic E-state index is 12.6. The van der Waals surface area contributed by atoms with Gasteiger partial charge in [-0.25, -0.2) is 0 Å². The monoisotopic (exact) mass is 365 g/mol. The molecule has 0 fully saturated rings. The van der Waals surface area contributed by atoms with Crippen LogP contribution < -0.4 is 10.6 Å². The second-order valence-electron chi connectivity index (χ2n) is 5.19. The Morgan fingerprint density at radius 3 is 2.58 bits per heavy atom. The van der Waals surface area contributed by atoms with Crippen LogP contribution in [0.3, 0.4) is 0 Å². The molecule has 0 spiro atoms. The minimum absolute atomic E-state index is 0.107. The summed E-state index contributed by atoms with van der Waals surface area (Å²) in [4.78, 5) is 24.3. The van der Waals surface area contributed by atoms with Gasteiger partial charge in [-0.05, 0) is 48.8 Å². The Kier molecular flexibility index (Phi) is 6.75. The Hall–Kier alpha value is -1.92. The van der Waals surface area contributed by atoms with Gasteiger partial charge in [-0.2, -0.15) is 11.8 Å². The molecular weight excluding hydrogens is 346 g/mol. The molecule has 24 heavy (non-hydrogen) atoms. The van der Waals surface area contributed by atoms with Crippen LogP contribution in [0.5, 0.6) is 0 Å². The minimum Gasteiger partial charge on any atom is -0.355 e. The van der Waals surface area contributed by atoms with E-state index in [1.54, 1.807) is 37.0 Å². The molecule has 0 saturated heterocycles. The van der Waals surface area contributed by atoms with Crippen LogP contribution in [0.4, 0.5) is 5.69 Å². The first-order valence-corrected chi connectivity index (χ1v) is 9.28. The first kappa shape index (κ1) is 18.4. The summed E-state index contributed by atoms with van der Waals surface area (Å²) in [5, 5.41) is 5.70. The number of halogens is 1. The molecular formula is C17H20ClN3O2S. The second-order valence-corrected chi connectivity index (χ2v) is 6.58. The van der Waals surface area contributed by atoms with E-state index in [-0.39, 0.29) is 17.9 Å². The van der Waals surface area contributed by atoms with Crippen molar-refractivity contribution < 1.29 is 9.59 Å². The number of anilines is 1. The zero-order valence-corrected chi connectivity index (χ0v) is 15.2. The van der Waals surface area contributed by atoms with Crippen LogP contribution in [0.2, 0.25) is 5.02 Å². The van der Waals surface area contributed by atoms with E-state index in [1.165, 1.54) is 0 Å². The van der Waals surface area contributed by atoms with Crippen molar-refractivity contribution in [3.8, 4) is 0 Å². The summed E-state index contributed by atoms with van der Waals surface area (Å²) >= 11 is 7.83. The summed E-state index contributed by atoms with van der Waals surface area (Å²) in [6, 6.07) is 8.37. The number of rotatable bonds is 7. The quantitative estimate of drug-likeness (QED) is 0.790. The second kappa shape index (κ2) is 8.80. The summed E-state index contributed by atoms with van der Waals surface area (Å²) in [6.45, 7) is 0. The van der Waals surface area contributed by atoms with Crippen molar-refractivity contribution in [3.63, 3.8) is 0 Å². The zero-order chi connectivity index (χ0) is 17.5. The van der Waals surface area contributed by atoms with Gasteiger partial charge in [0.15, 0.2) is 0 Å². The first-order chi connectivity index (χ1) is 11.6. The third-order valence-corrected chi connectivity index (χ3v) is 4.55. The number of hydrogen-bond donors (Lipinski definition) is 2. The molecule has 1 aromatic heterocycles. The van der Waals surface area contributed by atoms with E-state index in [1.807, 2.05) is 35.3 Å². The molecule has 128 valence electrons. The number of benzene rings is 1. The molecule has 7 heteroatoms. The molecule has 2 aromatic rings. The number of aromatic nitrogens is 1. The molecule has 1 aromatic carbocycles. The predicted octanol–water partition coefficient (Wildman–Crippen LogP) is 3.43. The Bertz CT molecular complexity index is 704. The largest absolute Gasteiger partial charge is 0.355 e. The Morgan fingerprint density at radius 2 is 2.00 bits per heavy atom. The number of hydrogen-bond acceptors (Lipinski definition) is 3. The minimum atomic E-state index is -0.287. The van der Waals surface area contributed by atoms with Gasteiger partial charge in [0.1, 0.15) is 6.04 Å². The number of carbonyl (C=O) groups is 2. The molecule has 0 radical (unpaired) electrons. The van der Waals surface area contributed by atoms with E-state index < -0.39 is 0 Å². The third-order valence-electron chi connectivity index (χ3n) is 3.59. The number of thioether (sulfide) groups is 1. The van der Waals surface area contributed by atoms with Gasteiger partial charge in [-0.15, -0.1) is 0 Å². The van der Waals surface area contributed by atoms with Crippen molar-refractivity contribution in [2.24, 2.45) is 0 Å². The fourth-order valence-corrected chi connectivity index (χ4v) is 3.06. The molecule has 1 heterocycles. The van der Waals surface area contributed by atoms with Gasteiger partial charge < -0.3 is 15.2 Å². The Balaban J connectivity index is 2.14. The van der Waals surface area contributed by atoms with E-state index >= 15 is 0 Å². The van der Waals surface area contributed by atoms with Gasteiger partial charge in [0.25, 0.3) is 5.91 Å². The highest BCUT2D eigenvalue weighted by Gasteiger charge is 2.20. The highest BCUT2D eigenvalue weighted by molar-refractivity contribution is 7.98. The fraction of sp³-hybridized carbons (Fsp3) is 0.294. The maximum atomic E-state index is 12.6. The number of nitrogens with zero attached hydrogens (tertiary/aromatic N) is 1. The molecule has 0 aliphatic carbocycles. The maximum Gasteiger partial charge on any atom is 0.252 e. The Labute approximate surface area is 150 Å². The average molecular weight is 366 g/mol. The van der Waals surface area contributed by atoms with E-state index in [0.29, 0.717) is 16.3 Å². The van der Waals surface area contributed by atoms with Crippen LogP contribution in [-0.2, 0) is 4.79 Å². The molecule has 1 atom stereocenters. The zero-order valence-electron chi connectivity index (χ0n) is 13.6. The number of carbonyl (C=O) groups excluding carboxylic acids is 2. The van der Waals surface area contributed by atoms with E-state index in [9.17, 15) is 9.59 Å². The van der Waals surface area contributed by atoms with Crippen LogP contribution in [0.25, 0.3) is 0 Å². The fourth-order valence-electron chi connectivity index (χ4n) is 2.34. The standard InChI is InChI=1S/C17H20ClN3O2S/c1-19-16(22)13-6-5-12(11-14(13)18)20-17(23)15(7-10-24-2)21-8-3-4-9-21/h3-6,8-9,11,15H,7,10H2,1-2H3,(H,19,22)(H,20,23). The summed E-state index contributed by atoms with van der Waals surface area (Å²) in [5.41, 5.74) is 0.945. The first-order valence-electron chi connectivity index (χ1n) is 7.50. The Morgan fingerprint density at radius 1 is 1.29 bits per heavy atom. The molecule has 5 nitrogen and oxygen atoms in total. The molecule has 2 amide bonds. The summed E-state index contributed by atoms with van der Waals surface area (Å²) in [5.74, 6) is 0.513. The summed E-state index contributed by atoms with van der Waals surface area (Å²) in [6.07, 6.45) is 6.51. The lowest BCUT2D eigenvalue weighted by molar-refractivity contribution is -0.119. The third kappa shape index (κ3) is 4.55. The van der Waals surface area contributed by atoms with Crippen LogP contribution in [0.1, 0.15) is 22.8 Å². The van der Waals surface area contributed by atoms with Crippen molar-refractivity contribution in [1.29, 1.82) is 0 Å².